The molecule has 7 heteroatoms. The maximum atomic E-state index is 12.3. The second kappa shape index (κ2) is 7.67. The third-order valence-corrected chi connectivity index (χ3v) is 5.67. The molecule has 0 aromatic carbocycles. The molecule has 3 rings (SSSR count). The van der Waals surface area contributed by atoms with Crippen LogP contribution in [-0.4, -0.2) is 53.7 Å². The van der Waals surface area contributed by atoms with Gasteiger partial charge in [-0.2, -0.15) is 0 Å². The van der Waals surface area contributed by atoms with Gasteiger partial charge in [0.25, 0.3) is 0 Å². The number of hydrogen-bond donors (Lipinski definition) is 1. The molecule has 0 unspecified atom stereocenters. The zero-order chi connectivity index (χ0) is 18.8. The van der Waals surface area contributed by atoms with Gasteiger partial charge >= 0.3 is 7.12 Å². The third-order valence-electron chi connectivity index (χ3n) is 5.67. The van der Waals surface area contributed by atoms with Crippen LogP contribution >= 0.6 is 0 Å². The van der Waals surface area contributed by atoms with Crippen LogP contribution in [0.15, 0.2) is 18.5 Å². The Hall–Kier alpha value is -1.44. The molecular formula is C19H30BN3O3. The highest BCUT2D eigenvalue weighted by molar-refractivity contribution is 6.62. The first-order valence-electron chi connectivity index (χ1n) is 9.60. The van der Waals surface area contributed by atoms with E-state index in [0.29, 0.717) is 12.1 Å². The molecule has 3 heterocycles. The largest absolute Gasteiger partial charge is 0.496 e. The van der Waals surface area contributed by atoms with Gasteiger partial charge in [0.05, 0.1) is 23.1 Å². The fourth-order valence-electron chi connectivity index (χ4n) is 3.30. The third kappa shape index (κ3) is 4.45. The number of rotatable bonds is 5. The van der Waals surface area contributed by atoms with Crippen LogP contribution in [0.5, 0.6) is 0 Å². The van der Waals surface area contributed by atoms with Gasteiger partial charge in [0, 0.05) is 24.6 Å². The maximum absolute atomic E-state index is 12.3. The summed E-state index contributed by atoms with van der Waals surface area (Å²) in [5.74, 6) is 0.0171. The van der Waals surface area contributed by atoms with E-state index in [-0.39, 0.29) is 5.91 Å². The number of nitrogens with zero attached hydrogens (tertiary/aromatic N) is 2. The Balaban J connectivity index is 1.56. The van der Waals surface area contributed by atoms with Gasteiger partial charge in [0.2, 0.25) is 5.91 Å². The summed E-state index contributed by atoms with van der Waals surface area (Å²) in [6.45, 7) is 11.1. The summed E-state index contributed by atoms with van der Waals surface area (Å²) >= 11 is 0. The van der Waals surface area contributed by atoms with Crippen molar-refractivity contribution >= 4 is 24.2 Å². The first-order valence-corrected chi connectivity index (χ1v) is 9.60. The van der Waals surface area contributed by atoms with Crippen LogP contribution in [0.1, 0.15) is 53.4 Å². The second-order valence-corrected chi connectivity index (χ2v) is 8.30. The van der Waals surface area contributed by atoms with Gasteiger partial charge in [-0.15, -0.1) is 0 Å². The molecular weight excluding hydrogens is 329 g/mol. The second-order valence-electron chi connectivity index (χ2n) is 8.30. The molecule has 0 radical (unpaired) electrons. The fraction of sp³-hybridized carbons (Fsp3) is 0.684. The number of amides is 1. The van der Waals surface area contributed by atoms with Crippen LogP contribution in [0, 0.1) is 0 Å². The summed E-state index contributed by atoms with van der Waals surface area (Å²) in [6, 6.07) is 1.88. The summed E-state index contributed by atoms with van der Waals surface area (Å²) in [5, 5.41) is 2.95. The first-order chi connectivity index (χ1) is 12.3. The predicted octanol–water partition coefficient (Wildman–Crippen LogP) is 2.20. The Kier molecular flexibility index (Phi) is 5.70. The quantitative estimate of drug-likeness (QED) is 0.817. The normalized spacial score (nSPS) is 22.4. The van der Waals surface area contributed by atoms with E-state index in [2.05, 4.69) is 15.2 Å². The minimum Gasteiger partial charge on any atom is -0.399 e. The first kappa shape index (κ1) is 19.3. The van der Waals surface area contributed by atoms with Gasteiger partial charge in [0.1, 0.15) is 0 Å². The molecule has 2 aliphatic rings. The van der Waals surface area contributed by atoms with Gasteiger partial charge in [-0.25, -0.2) is 0 Å². The summed E-state index contributed by atoms with van der Waals surface area (Å²) in [4.78, 5) is 18.9. The molecule has 0 spiro atoms. The number of aromatic nitrogens is 1. The van der Waals surface area contributed by atoms with E-state index in [1.54, 1.807) is 12.4 Å². The highest BCUT2D eigenvalue weighted by atomic mass is 16.7. The Morgan fingerprint density at radius 3 is 2.46 bits per heavy atom. The summed E-state index contributed by atoms with van der Waals surface area (Å²) in [5.41, 5.74) is 0.704. The maximum Gasteiger partial charge on any atom is 0.496 e. The number of nitrogens with one attached hydrogen (secondary N) is 1. The van der Waals surface area contributed by atoms with E-state index in [9.17, 15) is 4.79 Å². The lowest BCUT2D eigenvalue weighted by Crippen LogP contribution is -2.41. The van der Waals surface area contributed by atoms with Crippen molar-refractivity contribution in [2.45, 2.75) is 64.6 Å². The molecule has 2 saturated heterocycles. The van der Waals surface area contributed by atoms with Crippen molar-refractivity contribution in [3.05, 3.63) is 18.5 Å². The molecule has 142 valence electrons. The van der Waals surface area contributed by atoms with Crippen molar-refractivity contribution in [2.24, 2.45) is 0 Å². The molecule has 0 saturated carbocycles. The van der Waals surface area contributed by atoms with Crippen molar-refractivity contribution in [3.63, 3.8) is 0 Å². The van der Waals surface area contributed by atoms with Crippen LogP contribution < -0.4 is 10.8 Å². The number of carbonyl (C=O) groups excluding carboxylic acids is 1. The monoisotopic (exact) mass is 359 g/mol. The molecule has 0 atom stereocenters. The number of carbonyl (C=O) groups is 1. The minimum atomic E-state index is -0.474. The number of piperidine rings is 1. The molecule has 26 heavy (non-hydrogen) atoms. The number of hydrogen-bond acceptors (Lipinski definition) is 5. The van der Waals surface area contributed by atoms with Crippen molar-refractivity contribution in [1.82, 2.24) is 9.88 Å². The van der Waals surface area contributed by atoms with Crippen LogP contribution in [0.2, 0.25) is 0 Å². The Morgan fingerprint density at radius 1 is 1.15 bits per heavy atom. The van der Waals surface area contributed by atoms with E-state index in [1.807, 2.05) is 33.8 Å². The van der Waals surface area contributed by atoms with Crippen molar-refractivity contribution in [1.29, 1.82) is 0 Å². The molecule has 0 bridgehead atoms. The Morgan fingerprint density at radius 2 is 1.81 bits per heavy atom. The van der Waals surface area contributed by atoms with E-state index < -0.39 is 18.3 Å². The molecule has 1 N–H and O–H groups in total. The SMILES string of the molecule is CC1(C)OB(c2cncc(NC(=O)CCN3CCCCC3)c2)OC1(C)C. The topological polar surface area (TPSA) is 63.7 Å². The van der Waals surface area contributed by atoms with Gasteiger partial charge in [-0.05, 0) is 59.7 Å². The molecule has 2 aliphatic heterocycles. The lowest BCUT2D eigenvalue weighted by Gasteiger charge is -2.32. The molecule has 2 fully saturated rings. The van der Waals surface area contributed by atoms with E-state index in [1.165, 1.54) is 19.3 Å². The van der Waals surface area contributed by atoms with Gasteiger partial charge in [-0.3, -0.25) is 9.78 Å². The molecule has 1 aromatic heterocycles. The molecule has 6 nitrogen and oxygen atoms in total. The van der Waals surface area contributed by atoms with Gasteiger partial charge in [0.15, 0.2) is 0 Å². The van der Waals surface area contributed by atoms with Crippen molar-refractivity contribution in [3.8, 4) is 0 Å². The van der Waals surface area contributed by atoms with Crippen LogP contribution in [-0.2, 0) is 14.1 Å². The molecule has 0 aliphatic carbocycles. The van der Waals surface area contributed by atoms with Gasteiger partial charge < -0.3 is 19.5 Å². The summed E-state index contributed by atoms with van der Waals surface area (Å²) < 4.78 is 12.1. The lowest BCUT2D eigenvalue weighted by molar-refractivity contribution is -0.116. The highest BCUT2D eigenvalue weighted by Crippen LogP contribution is 2.36. The smallest absolute Gasteiger partial charge is 0.399 e. The number of anilines is 1. The zero-order valence-electron chi connectivity index (χ0n) is 16.4. The zero-order valence-corrected chi connectivity index (χ0v) is 16.4. The summed E-state index contributed by atoms with van der Waals surface area (Å²) in [7, 11) is -0.474. The lowest BCUT2D eigenvalue weighted by atomic mass is 9.80. The number of likely N-dealkylation sites (tertiary alicyclic amines) is 1. The minimum absolute atomic E-state index is 0.0171. The fourth-order valence-corrected chi connectivity index (χ4v) is 3.30. The highest BCUT2D eigenvalue weighted by Gasteiger charge is 2.51. The summed E-state index contributed by atoms with van der Waals surface area (Å²) in [6.07, 6.45) is 7.67. The van der Waals surface area contributed by atoms with E-state index >= 15 is 0 Å². The standard InChI is InChI=1S/C19H30BN3O3/c1-18(2)19(3,4)26-20(25-18)15-12-16(14-21-13-15)22-17(24)8-11-23-9-6-5-7-10-23/h12-14H,5-11H2,1-4H3,(H,22,24). The van der Waals surface area contributed by atoms with Gasteiger partial charge in [-0.1, -0.05) is 6.42 Å². The van der Waals surface area contributed by atoms with Crippen molar-refractivity contribution in [2.75, 3.05) is 25.0 Å². The Labute approximate surface area is 156 Å². The van der Waals surface area contributed by atoms with E-state index in [0.717, 1.165) is 25.1 Å². The molecule has 1 amide bonds. The average Bonchev–Trinajstić information content (AvgIpc) is 2.82. The van der Waals surface area contributed by atoms with Crippen LogP contribution in [0.4, 0.5) is 5.69 Å². The average molecular weight is 359 g/mol. The van der Waals surface area contributed by atoms with Crippen molar-refractivity contribution < 1.29 is 14.1 Å². The van der Waals surface area contributed by atoms with E-state index in [4.69, 9.17) is 9.31 Å². The Bertz CT molecular complexity index is 629. The van der Waals surface area contributed by atoms with Crippen LogP contribution in [0.25, 0.3) is 0 Å². The predicted molar refractivity (Wildman–Crippen MR) is 103 cm³/mol. The number of pyridine rings is 1. The molecule has 1 aromatic rings. The van der Waals surface area contributed by atoms with Crippen LogP contribution in [0.3, 0.4) is 0 Å².